The van der Waals surface area contributed by atoms with Crippen molar-refractivity contribution in [2.75, 3.05) is 19.6 Å². The zero-order valence-electron chi connectivity index (χ0n) is 9.35. The summed E-state index contributed by atoms with van der Waals surface area (Å²) >= 11 is 1.67. The molecular formula is C12H17N3S. The Labute approximate surface area is 101 Å². The molecule has 1 aliphatic rings. The molecule has 0 unspecified atom stereocenters. The average molecular weight is 235 g/mol. The minimum atomic E-state index is 0.600. The van der Waals surface area contributed by atoms with Gasteiger partial charge in [-0.05, 0) is 12.8 Å². The van der Waals surface area contributed by atoms with Gasteiger partial charge >= 0.3 is 0 Å². The number of rotatable bonds is 4. The number of nitrogens with zero attached hydrogens (tertiary/aromatic N) is 2. The van der Waals surface area contributed by atoms with E-state index in [1.54, 1.807) is 11.3 Å². The Balaban J connectivity index is 1.71. The fourth-order valence-electron chi connectivity index (χ4n) is 2.04. The lowest BCUT2D eigenvalue weighted by molar-refractivity contribution is 0.191. The SMILES string of the molecule is C#CCNC1CCN(Cc2cscn2)CC1. The van der Waals surface area contributed by atoms with Crippen molar-refractivity contribution >= 4 is 11.3 Å². The van der Waals surface area contributed by atoms with E-state index in [1.165, 1.54) is 18.5 Å². The standard InChI is InChI=1S/C12H17N3S/c1-2-5-13-11-3-6-15(7-4-11)8-12-9-16-10-14-12/h1,9-11,13H,3-8H2. The predicted molar refractivity (Wildman–Crippen MR) is 67.2 cm³/mol. The first kappa shape index (κ1) is 11.6. The van der Waals surface area contributed by atoms with Crippen molar-refractivity contribution < 1.29 is 0 Å². The molecule has 2 heterocycles. The van der Waals surface area contributed by atoms with Gasteiger partial charge in [-0.15, -0.1) is 17.8 Å². The maximum absolute atomic E-state index is 5.23. The maximum Gasteiger partial charge on any atom is 0.0795 e. The number of terminal acetylenes is 1. The van der Waals surface area contributed by atoms with Gasteiger partial charge in [-0.25, -0.2) is 4.98 Å². The number of likely N-dealkylation sites (tertiary alicyclic amines) is 1. The Morgan fingerprint density at radius 3 is 3.00 bits per heavy atom. The van der Waals surface area contributed by atoms with E-state index in [0.29, 0.717) is 12.6 Å². The minimum Gasteiger partial charge on any atom is -0.303 e. The highest BCUT2D eigenvalue weighted by Gasteiger charge is 2.18. The zero-order chi connectivity index (χ0) is 11.2. The molecule has 1 aromatic rings. The topological polar surface area (TPSA) is 28.2 Å². The van der Waals surface area contributed by atoms with Crippen LogP contribution in [0.1, 0.15) is 18.5 Å². The Kier molecular flexibility index (Phi) is 4.34. The van der Waals surface area contributed by atoms with Gasteiger partial charge in [-0.3, -0.25) is 4.90 Å². The van der Waals surface area contributed by atoms with Crippen molar-refractivity contribution in [1.82, 2.24) is 15.2 Å². The van der Waals surface area contributed by atoms with Crippen LogP contribution in [0.15, 0.2) is 10.9 Å². The van der Waals surface area contributed by atoms with Crippen LogP contribution in [0.3, 0.4) is 0 Å². The number of piperidine rings is 1. The third-order valence-corrected chi connectivity index (χ3v) is 3.58. The van der Waals surface area contributed by atoms with Crippen molar-refractivity contribution in [2.45, 2.75) is 25.4 Å². The summed E-state index contributed by atoms with van der Waals surface area (Å²) in [7, 11) is 0. The number of hydrogen-bond acceptors (Lipinski definition) is 4. The summed E-state index contributed by atoms with van der Waals surface area (Å²) in [6, 6.07) is 0.600. The second kappa shape index (κ2) is 6.00. The second-order valence-electron chi connectivity index (χ2n) is 4.12. The fraction of sp³-hybridized carbons (Fsp3) is 0.583. The molecule has 86 valence electrons. The van der Waals surface area contributed by atoms with Crippen molar-refractivity contribution in [2.24, 2.45) is 0 Å². The minimum absolute atomic E-state index is 0.600. The van der Waals surface area contributed by atoms with E-state index in [4.69, 9.17) is 6.42 Å². The van der Waals surface area contributed by atoms with Crippen LogP contribution in [0.5, 0.6) is 0 Å². The smallest absolute Gasteiger partial charge is 0.0795 e. The molecule has 4 heteroatoms. The first-order valence-electron chi connectivity index (χ1n) is 5.65. The molecule has 0 amide bonds. The van der Waals surface area contributed by atoms with Crippen LogP contribution < -0.4 is 5.32 Å². The van der Waals surface area contributed by atoms with Gasteiger partial charge in [-0.2, -0.15) is 0 Å². The van der Waals surface area contributed by atoms with E-state index in [9.17, 15) is 0 Å². The first-order chi connectivity index (χ1) is 7.88. The summed E-state index contributed by atoms with van der Waals surface area (Å²) < 4.78 is 0. The van der Waals surface area contributed by atoms with Gasteiger partial charge in [0, 0.05) is 31.1 Å². The summed E-state index contributed by atoms with van der Waals surface area (Å²) in [5.41, 5.74) is 3.09. The molecule has 0 spiro atoms. The van der Waals surface area contributed by atoms with Crippen LogP contribution in [0.2, 0.25) is 0 Å². The highest BCUT2D eigenvalue weighted by atomic mass is 32.1. The molecule has 0 aromatic carbocycles. The summed E-state index contributed by atoms with van der Waals surface area (Å²) in [5, 5.41) is 5.50. The molecule has 0 aliphatic carbocycles. The van der Waals surface area contributed by atoms with E-state index in [-0.39, 0.29) is 0 Å². The maximum atomic E-state index is 5.23. The Morgan fingerprint density at radius 2 is 2.38 bits per heavy atom. The van der Waals surface area contributed by atoms with Crippen LogP contribution in [0, 0.1) is 12.3 Å². The highest BCUT2D eigenvalue weighted by molar-refractivity contribution is 7.07. The molecular weight excluding hydrogens is 218 g/mol. The van der Waals surface area contributed by atoms with E-state index < -0.39 is 0 Å². The Morgan fingerprint density at radius 1 is 1.56 bits per heavy atom. The molecule has 0 radical (unpaired) electrons. The second-order valence-corrected chi connectivity index (χ2v) is 4.83. The number of aromatic nitrogens is 1. The summed E-state index contributed by atoms with van der Waals surface area (Å²) in [5.74, 6) is 2.63. The van der Waals surface area contributed by atoms with Gasteiger partial charge in [0.2, 0.25) is 0 Å². The van der Waals surface area contributed by atoms with Crippen molar-refractivity contribution in [3.05, 3.63) is 16.6 Å². The normalized spacial score (nSPS) is 18.4. The Hall–Kier alpha value is -0.890. The molecule has 1 fully saturated rings. The lowest BCUT2D eigenvalue weighted by atomic mass is 10.1. The Bertz CT molecular complexity index is 334. The zero-order valence-corrected chi connectivity index (χ0v) is 10.2. The molecule has 0 atom stereocenters. The lowest BCUT2D eigenvalue weighted by Gasteiger charge is -2.31. The van der Waals surface area contributed by atoms with E-state index in [2.05, 4.69) is 26.5 Å². The van der Waals surface area contributed by atoms with E-state index in [0.717, 1.165) is 19.6 Å². The van der Waals surface area contributed by atoms with Gasteiger partial charge < -0.3 is 5.32 Å². The van der Waals surface area contributed by atoms with E-state index in [1.807, 2.05) is 5.51 Å². The molecule has 2 rings (SSSR count). The molecule has 3 nitrogen and oxygen atoms in total. The summed E-state index contributed by atoms with van der Waals surface area (Å²) in [6.07, 6.45) is 7.61. The highest BCUT2D eigenvalue weighted by Crippen LogP contribution is 2.13. The van der Waals surface area contributed by atoms with Gasteiger partial charge in [0.15, 0.2) is 0 Å². The largest absolute Gasteiger partial charge is 0.303 e. The molecule has 1 aliphatic heterocycles. The van der Waals surface area contributed by atoms with Crippen molar-refractivity contribution in [3.63, 3.8) is 0 Å². The third kappa shape index (κ3) is 3.31. The monoisotopic (exact) mass is 235 g/mol. The number of hydrogen-bond donors (Lipinski definition) is 1. The third-order valence-electron chi connectivity index (χ3n) is 2.95. The molecule has 1 N–H and O–H groups in total. The molecule has 16 heavy (non-hydrogen) atoms. The predicted octanol–water partition coefficient (Wildman–Crippen LogP) is 1.33. The van der Waals surface area contributed by atoms with Gasteiger partial charge in [0.1, 0.15) is 0 Å². The molecule has 1 saturated heterocycles. The fourth-order valence-corrected chi connectivity index (χ4v) is 2.59. The summed E-state index contributed by atoms with van der Waals surface area (Å²) in [4.78, 5) is 6.78. The van der Waals surface area contributed by atoms with Gasteiger partial charge in [0.05, 0.1) is 17.7 Å². The number of thiazole rings is 1. The van der Waals surface area contributed by atoms with Crippen LogP contribution in [-0.2, 0) is 6.54 Å². The van der Waals surface area contributed by atoms with Gasteiger partial charge in [0.25, 0.3) is 0 Å². The first-order valence-corrected chi connectivity index (χ1v) is 6.59. The van der Waals surface area contributed by atoms with Crippen LogP contribution in [-0.4, -0.2) is 35.6 Å². The van der Waals surface area contributed by atoms with Crippen LogP contribution in [0.4, 0.5) is 0 Å². The lowest BCUT2D eigenvalue weighted by Crippen LogP contribution is -2.42. The molecule has 0 bridgehead atoms. The van der Waals surface area contributed by atoms with Crippen molar-refractivity contribution in [1.29, 1.82) is 0 Å². The number of nitrogens with one attached hydrogen (secondary N) is 1. The molecule has 0 saturated carbocycles. The van der Waals surface area contributed by atoms with Gasteiger partial charge in [-0.1, -0.05) is 5.92 Å². The van der Waals surface area contributed by atoms with E-state index >= 15 is 0 Å². The summed E-state index contributed by atoms with van der Waals surface area (Å²) in [6.45, 7) is 3.96. The van der Waals surface area contributed by atoms with Crippen LogP contribution >= 0.6 is 11.3 Å². The quantitative estimate of drug-likeness (QED) is 0.798. The van der Waals surface area contributed by atoms with Crippen molar-refractivity contribution in [3.8, 4) is 12.3 Å². The molecule has 1 aromatic heterocycles. The average Bonchev–Trinajstić information content (AvgIpc) is 2.81. The van der Waals surface area contributed by atoms with Crippen LogP contribution in [0.25, 0.3) is 0 Å².